The maximum Gasteiger partial charge on any atom is 0.422 e. The second-order valence-electron chi connectivity index (χ2n) is 10.9. The van der Waals surface area contributed by atoms with E-state index >= 15 is 0 Å². The van der Waals surface area contributed by atoms with Crippen LogP contribution in [0, 0.1) is 0 Å². The second-order valence-corrected chi connectivity index (χ2v) is 10.9. The highest BCUT2D eigenvalue weighted by molar-refractivity contribution is 5.68. The Morgan fingerprint density at radius 3 is 1.97 bits per heavy atom. The lowest BCUT2D eigenvalue weighted by atomic mass is 10.0. The number of nitrogens with zero attached hydrogens (tertiary/aromatic N) is 1. The van der Waals surface area contributed by atoms with E-state index < -0.39 is 35.5 Å². The molecule has 2 atom stereocenters. The molecule has 0 bridgehead atoms. The van der Waals surface area contributed by atoms with Gasteiger partial charge in [0.15, 0.2) is 0 Å². The molecule has 0 aliphatic heterocycles. The molecule has 0 aliphatic carbocycles. The zero-order valence-electron chi connectivity index (χ0n) is 22.9. The first-order valence-electron chi connectivity index (χ1n) is 12.3. The average Bonchev–Trinajstić information content (AvgIpc) is 2.77. The Kier molecular flexibility index (Phi) is 10.8. The van der Waals surface area contributed by atoms with Crippen LogP contribution in [0.15, 0.2) is 54.6 Å². The highest BCUT2D eigenvalue weighted by atomic mass is 16.6. The van der Waals surface area contributed by atoms with Crippen molar-refractivity contribution in [3.63, 3.8) is 0 Å². The lowest BCUT2D eigenvalue weighted by Crippen LogP contribution is -2.54. The van der Waals surface area contributed by atoms with Crippen molar-refractivity contribution in [2.75, 3.05) is 13.7 Å². The third-order valence-electron chi connectivity index (χ3n) is 5.05. The smallest absolute Gasteiger partial charge is 0.422 e. The van der Waals surface area contributed by atoms with Gasteiger partial charge in [-0.3, -0.25) is 5.43 Å². The van der Waals surface area contributed by atoms with Gasteiger partial charge >= 0.3 is 12.2 Å². The Balaban J connectivity index is 2.23. The number of aliphatic hydroxyl groups is 1. The molecule has 9 heteroatoms. The fraction of sp³-hybridized carbons (Fsp3) is 0.500. The van der Waals surface area contributed by atoms with Crippen LogP contribution in [-0.2, 0) is 22.4 Å². The van der Waals surface area contributed by atoms with Gasteiger partial charge in [-0.05, 0) is 71.2 Å². The number of aliphatic hydroxyl groups excluding tert-OH is 1. The summed E-state index contributed by atoms with van der Waals surface area (Å²) in [7, 11) is 1.59. The number of benzene rings is 2. The van der Waals surface area contributed by atoms with E-state index in [1.165, 1.54) is 0 Å². The molecule has 0 unspecified atom stereocenters. The molecule has 0 aromatic heterocycles. The Bertz CT molecular complexity index is 984. The number of hydrogen-bond acceptors (Lipinski definition) is 7. The fourth-order valence-electron chi connectivity index (χ4n) is 3.49. The van der Waals surface area contributed by atoms with Crippen LogP contribution in [0.4, 0.5) is 9.59 Å². The van der Waals surface area contributed by atoms with Crippen molar-refractivity contribution in [1.82, 2.24) is 15.8 Å². The molecule has 0 aliphatic rings. The lowest BCUT2D eigenvalue weighted by molar-refractivity contribution is 0.0105. The number of alkyl carbamates (subject to hydrolysis) is 1. The molecule has 2 aromatic rings. The number of ether oxygens (including phenoxy) is 3. The van der Waals surface area contributed by atoms with Crippen LogP contribution in [0.3, 0.4) is 0 Å². The molecule has 204 valence electrons. The van der Waals surface area contributed by atoms with Crippen molar-refractivity contribution in [3.05, 3.63) is 65.7 Å². The monoisotopic (exact) mass is 515 g/mol. The van der Waals surface area contributed by atoms with Gasteiger partial charge in [-0.25, -0.2) is 14.6 Å². The number of methoxy groups -OCH3 is 1. The Labute approximate surface area is 220 Å². The van der Waals surface area contributed by atoms with E-state index in [0.717, 1.165) is 11.1 Å². The zero-order chi connectivity index (χ0) is 27.6. The van der Waals surface area contributed by atoms with Gasteiger partial charge in [0.25, 0.3) is 0 Å². The first kappa shape index (κ1) is 29.9. The highest BCUT2D eigenvalue weighted by Crippen LogP contribution is 2.15. The van der Waals surface area contributed by atoms with Gasteiger partial charge in [0, 0.05) is 13.1 Å². The van der Waals surface area contributed by atoms with E-state index in [0.29, 0.717) is 12.2 Å². The van der Waals surface area contributed by atoms with Gasteiger partial charge in [0.05, 0.1) is 19.3 Å². The Morgan fingerprint density at radius 1 is 0.865 bits per heavy atom. The summed E-state index contributed by atoms with van der Waals surface area (Å²) < 4.78 is 16.1. The van der Waals surface area contributed by atoms with E-state index in [1.54, 1.807) is 53.7 Å². The third-order valence-corrected chi connectivity index (χ3v) is 5.05. The number of hydrazine groups is 1. The fourth-order valence-corrected chi connectivity index (χ4v) is 3.49. The molecule has 2 aromatic carbocycles. The first-order valence-corrected chi connectivity index (χ1v) is 12.3. The normalized spacial score (nSPS) is 13.4. The van der Waals surface area contributed by atoms with E-state index in [1.807, 2.05) is 54.6 Å². The van der Waals surface area contributed by atoms with Crippen LogP contribution in [-0.4, -0.2) is 59.3 Å². The minimum absolute atomic E-state index is 0.0125. The number of nitrogens with one attached hydrogen (secondary N) is 2. The molecule has 0 heterocycles. The van der Waals surface area contributed by atoms with Crippen LogP contribution in [0.5, 0.6) is 5.75 Å². The molecule has 0 radical (unpaired) electrons. The average molecular weight is 516 g/mol. The van der Waals surface area contributed by atoms with Gasteiger partial charge < -0.3 is 24.6 Å². The van der Waals surface area contributed by atoms with E-state index in [4.69, 9.17) is 14.2 Å². The number of rotatable bonds is 10. The molecular formula is C28H41N3O6. The summed E-state index contributed by atoms with van der Waals surface area (Å²) >= 11 is 0. The number of amides is 2. The van der Waals surface area contributed by atoms with E-state index in [9.17, 15) is 14.7 Å². The van der Waals surface area contributed by atoms with Gasteiger partial charge in [-0.15, -0.1) is 0 Å². The minimum atomic E-state index is -1.05. The summed E-state index contributed by atoms with van der Waals surface area (Å²) in [6.07, 6.45) is -1.97. The summed E-state index contributed by atoms with van der Waals surface area (Å²) in [5.41, 5.74) is 3.16. The zero-order valence-corrected chi connectivity index (χ0v) is 22.9. The molecule has 2 rings (SSSR count). The molecule has 0 spiro atoms. The van der Waals surface area contributed by atoms with Gasteiger partial charge in [0.1, 0.15) is 17.0 Å². The second kappa shape index (κ2) is 13.3. The number of carbonyl (C=O) groups is 2. The molecule has 3 N–H and O–H groups in total. The standard InChI is InChI=1S/C28H41N3O6/c1-27(2,3)36-25(33)29-23(17-20-11-9-8-10-12-20)24(32)19-31(30-26(34)37-28(4,5)6)18-21-13-15-22(35-7)16-14-21/h8-16,23-24,32H,17-19H2,1-7H3,(H,29,33)(H,30,34)/t23-,24-/m0/s1. The Morgan fingerprint density at radius 2 is 1.43 bits per heavy atom. The minimum Gasteiger partial charge on any atom is -0.497 e. The van der Waals surface area contributed by atoms with Gasteiger partial charge in [-0.1, -0.05) is 42.5 Å². The quantitative estimate of drug-likeness (QED) is 0.402. The van der Waals surface area contributed by atoms with E-state index in [2.05, 4.69) is 10.7 Å². The summed E-state index contributed by atoms with van der Waals surface area (Å²) in [5.74, 6) is 0.708. The van der Waals surface area contributed by atoms with Crippen LogP contribution in [0.2, 0.25) is 0 Å². The Hall–Kier alpha value is -3.30. The maximum atomic E-state index is 12.6. The van der Waals surface area contributed by atoms with Crippen molar-refractivity contribution in [3.8, 4) is 5.75 Å². The molecule has 2 amide bonds. The maximum absolute atomic E-state index is 12.6. The van der Waals surface area contributed by atoms with Crippen molar-refractivity contribution < 1.29 is 28.9 Å². The van der Waals surface area contributed by atoms with E-state index in [-0.39, 0.29) is 13.1 Å². The van der Waals surface area contributed by atoms with Crippen LogP contribution in [0.25, 0.3) is 0 Å². The summed E-state index contributed by atoms with van der Waals surface area (Å²) in [5, 5.41) is 15.6. The number of carbonyl (C=O) groups excluding carboxylic acids is 2. The molecular weight excluding hydrogens is 474 g/mol. The highest BCUT2D eigenvalue weighted by Gasteiger charge is 2.28. The van der Waals surface area contributed by atoms with Crippen molar-refractivity contribution in [1.29, 1.82) is 0 Å². The van der Waals surface area contributed by atoms with Crippen LogP contribution < -0.4 is 15.5 Å². The summed E-state index contributed by atoms with van der Waals surface area (Å²) in [6.45, 7) is 10.9. The van der Waals surface area contributed by atoms with Gasteiger partial charge in [0.2, 0.25) is 0 Å². The van der Waals surface area contributed by atoms with Gasteiger partial charge in [-0.2, -0.15) is 0 Å². The third kappa shape index (κ3) is 12.0. The first-order chi connectivity index (χ1) is 17.2. The van der Waals surface area contributed by atoms with Crippen molar-refractivity contribution in [2.24, 2.45) is 0 Å². The summed E-state index contributed by atoms with van der Waals surface area (Å²) in [6, 6.07) is 16.2. The topological polar surface area (TPSA) is 109 Å². The summed E-state index contributed by atoms with van der Waals surface area (Å²) in [4.78, 5) is 25.1. The van der Waals surface area contributed by atoms with Crippen LogP contribution in [0.1, 0.15) is 52.7 Å². The lowest BCUT2D eigenvalue weighted by Gasteiger charge is -2.31. The molecule has 0 saturated heterocycles. The molecule has 0 fully saturated rings. The number of hydrogen-bond donors (Lipinski definition) is 3. The largest absolute Gasteiger partial charge is 0.497 e. The molecule has 37 heavy (non-hydrogen) atoms. The molecule has 0 saturated carbocycles. The van der Waals surface area contributed by atoms with Crippen molar-refractivity contribution >= 4 is 12.2 Å². The van der Waals surface area contributed by atoms with Crippen molar-refractivity contribution in [2.45, 2.75) is 77.9 Å². The predicted octanol–water partition coefficient (Wildman–Crippen LogP) is 4.43. The predicted molar refractivity (Wildman–Crippen MR) is 142 cm³/mol. The van der Waals surface area contributed by atoms with Crippen LogP contribution >= 0.6 is 0 Å². The molecule has 9 nitrogen and oxygen atoms in total. The SMILES string of the molecule is COc1ccc(CN(C[C@H](O)[C@H](Cc2ccccc2)NC(=O)OC(C)(C)C)NC(=O)OC(C)(C)C)cc1.